The minimum Gasteiger partial charge on any atom is -0.381 e. The molecule has 0 fully saturated rings. The van der Waals surface area contributed by atoms with Crippen molar-refractivity contribution in [2.45, 2.75) is 6.10 Å². The van der Waals surface area contributed by atoms with Crippen molar-refractivity contribution in [1.29, 1.82) is 0 Å². The summed E-state index contributed by atoms with van der Waals surface area (Å²) in [5, 5.41) is 11.8. The van der Waals surface area contributed by atoms with Crippen molar-refractivity contribution in [3.63, 3.8) is 0 Å². The van der Waals surface area contributed by atoms with Crippen LogP contribution in [0.4, 0.5) is 0 Å². The summed E-state index contributed by atoms with van der Waals surface area (Å²) < 4.78 is 0.567. The van der Waals surface area contributed by atoms with Crippen LogP contribution in [0.15, 0.2) is 42.7 Å². The number of halogens is 1. The average molecular weight is 277 g/mol. The van der Waals surface area contributed by atoms with Gasteiger partial charge in [0, 0.05) is 17.1 Å². The Hall–Kier alpha value is -1.49. The summed E-state index contributed by atoms with van der Waals surface area (Å²) in [5.74, 6) is 0. The molecule has 3 aromatic rings. The van der Waals surface area contributed by atoms with E-state index in [2.05, 4.69) is 9.97 Å². The Kier molecular flexibility index (Phi) is 2.99. The summed E-state index contributed by atoms with van der Waals surface area (Å²) in [7, 11) is 0. The van der Waals surface area contributed by atoms with Crippen molar-refractivity contribution in [1.82, 2.24) is 9.97 Å². The van der Waals surface area contributed by atoms with E-state index in [1.54, 1.807) is 12.4 Å². The lowest BCUT2D eigenvalue weighted by atomic mass is 10.1. The molecule has 90 valence electrons. The van der Waals surface area contributed by atoms with E-state index < -0.39 is 6.10 Å². The topological polar surface area (TPSA) is 46.0 Å². The quantitative estimate of drug-likeness (QED) is 0.780. The zero-order chi connectivity index (χ0) is 12.5. The number of nitrogens with zero attached hydrogens (tertiary/aromatic N) is 2. The normalized spacial score (nSPS) is 12.8. The van der Waals surface area contributed by atoms with E-state index in [9.17, 15) is 5.11 Å². The number of hydrogen-bond acceptors (Lipinski definition) is 4. The van der Waals surface area contributed by atoms with Crippen molar-refractivity contribution in [2.24, 2.45) is 0 Å². The molecule has 0 aliphatic rings. The molecule has 0 spiro atoms. The molecule has 1 N–H and O–H groups in total. The van der Waals surface area contributed by atoms with Crippen molar-refractivity contribution in [3.8, 4) is 0 Å². The Morgan fingerprint density at radius 3 is 2.78 bits per heavy atom. The van der Waals surface area contributed by atoms with E-state index in [1.807, 2.05) is 30.3 Å². The van der Waals surface area contributed by atoms with Gasteiger partial charge in [0.05, 0.1) is 11.7 Å². The monoisotopic (exact) mass is 276 g/mol. The molecule has 0 bridgehead atoms. The SMILES string of the molecule is OC(c1cnc2ccccc2c1)c1ncc(Cl)s1. The lowest BCUT2D eigenvalue weighted by molar-refractivity contribution is 0.219. The molecule has 18 heavy (non-hydrogen) atoms. The molecule has 0 saturated heterocycles. The first-order valence-corrected chi connectivity index (χ1v) is 6.57. The summed E-state index contributed by atoms with van der Waals surface area (Å²) in [6.07, 6.45) is 2.43. The summed E-state index contributed by atoms with van der Waals surface area (Å²) in [5.41, 5.74) is 1.63. The van der Waals surface area contributed by atoms with Gasteiger partial charge >= 0.3 is 0 Å². The molecular formula is C13H9ClN2OS. The number of aliphatic hydroxyl groups is 1. The van der Waals surface area contributed by atoms with Gasteiger partial charge in [0.1, 0.15) is 15.4 Å². The van der Waals surface area contributed by atoms with Crippen LogP contribution in [0.25, 0.3) is 10.9 Å². The Morgan fingerprint density at radius 2 is 2.00 bits per heavy atom. The lowest BCUT2D eigenvalue weighted by Crippen LogP contribution is -1.99. The van der Waals surface area contributed by atoms with Gasteiger partial charge in [-0.3, -0.25) is 4.98 Å². The van der Waals surface area contributed by atoms with Gasteiger partial charge in [-0.1, -0.05) is 29.8 Å². The summed E-state index contributed by atoms with van der Waals surface area (Å²) in [6, 6.07) is 9.70. The number of thiazole rings is 1. The van der Waals surface area contributed by atoms with E-state index >= 15 is 0 Å². The Balaban J connectivity index is 2.03. The molecule has 3 rings (SSSR count). The first-order valence-electron chi connectivity index (χ1n) is 5.38. The summed E-state index contributed by atoms with van der Waals surface area (Å²) in [4.78, 5) is 8.40. The van der Waals surface area contributed by atoms with Gasteiger partial charge in [0.2, 0.25) is 0 Å². The van der Waals surface area contributed by atoms with E-state index in [-0.39, 0.29) is 0 Å². The van der Waals surface area contributed by atoms with Gasteiger partial charge in [0.15, 0.2) is 0 Å². The van der Waals surface area contributed by atoms with Gasteiger partial charge < -0.3 is 5.11 Å². The standard InChI is InChI=1S/C13H9ClN2OS/c14-11-7-16-13(18-11)12(17)9-5-8-3-1-2-4-10(8)15-6-9/h1-7,12,17H. The molecule has 2 heterocycles. The number of pyridine rings is 1. The average Bonchev–Trinajstić information content (AvgIpc) is 2.84. The molecule has 1 atom stereocenters. The zero-order valence-corrected chi connectivity index (χ0v) is 10.8. The van der Waals surface area contributed by atoms with Crippen molar-refractivity contribution in [2.75, 3.05) is 0 Å². The first kappa shape index (κ1) is 11.6. The van der Waals surface area contributed by atoms with Crippen LogP contribution in [-0.4, -0.2) is 15.1 Å². The number of fused-ring (bicyclic) bond motifs is 1. The highest BCUT2D eigenvalue weighted by atomic mass is 35.5. The molecule has 5 heteroatoms. The predicted octanol–water partition coefficient (Wildman–Crippen LogP) is 3.43. The number of rotatable bonds is 2. The number of aromatic nitrogens is 2. The van der Waals surface area contributed by atoms with Crippen molar-refractivity contribution < 1.29 is 5.11 Å². The highest BCUT2D eigenvalue weighted by Crippen LogP contribution is 2.29. The molecule has 0 aliphatic carbocycles. The van der Waals surface area contributed by atoms with E-state index in [1.165, 1.54) is 11.3 Å². The maximum Gasteiger partial charge on any atom is 0.132 e. The molecule has 1 unspecified atom stereocenters. The lowest BCUT2D eigenvalue weighted by Gasteiger charge is -2.08. The van der Waals surface area contributed by atoms with Gasteiger partial charge in [-0.05, 0) is 12.1 Å². The highest BCUT2D eigenvalue weighted by Gasteiger charge is 2.15. The van der Waals surface area contributed by atoms with E-state index in [0.717, 1.165) is 16.5 Å². The molecular weight excluding hydrogens is 268 g/mol. The fraction of sp³-hybridized carbons (Fsp3) is 0.0769. The molecule has 0 aliphatic heterocycles. The molecule has 0 amide bonds. The minimum absolute atomic E-state index is 0.567. The van der Waals surface area contributed by atoms with Crippen LogP contribution in [0.5, 0.6) is 0 Å². The van der Waals surface area contributed by atoms with Gasteiger partial charge in [-0.15, -0.1) is 11.3 Å². The molecule has 3 nitrogen and oxygen atoms in total. The van der Waals surface area contributed by atoms with Crippen LogP contribution in [-0.2, 0) is 0 Å². The third-order valence-electron chi connectivity index (χ3n) is 2.66. The number of benzene rings is 1. The maximum atomic E-state index is 10.2. The van der Waals surface area contributed by atoms with Gasteiger partial charge in [-0.2, -0.15) is 0 Å². The van der Waals surface area contributed by atoms with Gasteiger partial charge in [-0.25, -0.2) is 4.98 Å². The molecule has 2 aromatic heterocycles. The Morgan fingerprint density at radius 1 is 1.17 bits per heavy atom. The molecule has 0 radical (unpaired) electrons. The van der Waals surface area contributed by atoms with Crippen LogP contribution in [0.3, 0.4) is 0 Å². The van der Waals surface area contributed by atoms with E-state index in [4.69, 9.17) is 11.6 Å². The second kappa shape index (κ2) is 4.65. The molecule has 0 saturated carbocycles. The maximum absolute atomic E-state index is 10.2. The smallest absolute Gasteiger partial charge is 0.132 e. The largest absolute Gasteiger partial charge is 0.381 e. The Bertz CT molecular complexity index is 698. The van der Waals surface area contributed by atoms with Crippen LogP contribution >= 0.6 is 22.9 Å². The number of hydrogen-bond donors (Lipinski definition) is 1. The van der Waals surface area contributed by atoms with Crippen LogP contribution < -0.4 is 0 Å². The van der Waals surface area contributed by atoms with Crippen LogP contribution in [0.1, 0.15) is 16.7 Å². The van der Waals surface area contributed by atoms with Crippen LogP contribution in [0.2, 0.25) is 4.34 Å². The minimum atomic E-state index is -0.778. The van der Waals surface area contributed by atoms with Crippen molar-refractivity contribution >= 4 is 33.8 Å². The van der Waals surface area contributed by atoms with E-state index in [0.29, 0.717) is 9.34 Å². The summed E-state index contributed by atoms with van der Waals surface area (Å²) in [6.45, 7) is 0. The fourth-order valence-electron chi connectivity index (χ4n) is 1.77. The van der Waals surface area contributed by atoms with Crippen LogP contribution in [0, 0.1) is 0 Å². The Labute approximate surface area is 113 Å². The van der Waals surface area contributed by atoms with Crippen molar-refractivity contribution in [3.05, 3.63) is 57.6 Å². The second-order valence-corrected chi connectivity index (χ2v) is 5.56. The molecule has 1 aromatic carbocycles. The zero-order valence-electron chi connectivity index (χ0n) is 9.25. The third kappa shape index (κ3) is 2.10. The third-order valence-corrected chi connectivity index (χ3v) is 3.82. The first-order chi connectivity index (χ1) is 8.74. The number of aliphatic hydroxyl groups excluding tert-OH is 1. The predicted molar refractivity (Wildman–Crippen MR) is 72.9 cm³/mol. The second-order valence-electron chi connectivity index (χ2n) is 3.87. The summed E-state index contributed by atoms with van der Waals surface area (Å²) >= 11 is 7.09. The fourth-order valence-corrected chi connectivity index (χ4v) is 2.72. The van der Waals surface area contributed by atoms with Gasteiger partial charge in [0.25, 0.3) is 0 Å². The highest BCUT2D eigenvalue weighted by molar-refractivity contribution is 7.15. The number of para-hydroxylation sites is 1.